The molecule has 94 valence electrons. The molecule has 0 saturated heterocycles. The normalized spacial score (nSPS) is 10.6. The molecule has 1 heterocycles. The lowest BCUT2D eigenvalue weighted by molar-refractivity contribution is 0.807. The number of nitrogens with two attached hydrogens (primary N) is 1. The second kappa shape index (κ2) is 4.57. The maximum Gasteiger partial charge on any atom is 0.0946 e. The van der Waals surface area contributed by atoms with Crippen LogP contribution in [-0.4, -0.2) is 15.0 Å². The van der Waals surface area contributed by atoms with Gasteiger partial charge >= 0.3 is 0 Å². The molecule has 0 aliphatic heterocycles. The first-order valence-electron chi connectivity index (χ1n) is 6.08. The largest absolute Gasteiger partial charge is 0.399 e. The molecule has 0 bridgehead atoms. The van der Waals surface area contributed by atoms with Crippen molar-refractivity contribution < 1.29 is 0 Å². The average Bonchev–Trinajstić information content (AvgIpc) is 2.89. The van der Waals surface area contributed by atoms with Crippen LogP contribution in [0.2, 0.25) is 0 Å². The van der Waals surface area contributed by atoms with Gasteiger partial charge in [-0.15, -0.1) is 5.10 Å². The van der Waals surface area contributed by atoms with Gasteiger partial charge in [0.15, 0.2) is 0 Å². The highest BCUT2D eigenvalue weighted by molar-refractivity contribution is 5.67. The molecule has 3 rings (SSSR count). The van der Waals surface area contributed by atoms with Crippen molar-refractivity contribution >= 4 is 5.69 Å². The fourth-order valence-corrected chi connectivity index (χ4v) is 2.15. The van der Waals surface area contributed by atoms with Crippen LogP contribution >= 0.6 is 0 Å². The zero-order valence-electron chi connectivity index (χ0n) is 10.6. The minimum atomic E-state index is 0.764. The summed E-state index contributed by atoms with van der Waals surface area (Å²) >= 11 is 0. The number of benzene rings is 2. The van der Waals surface area contributed by atoms with E-state index in [0.29, 0.717) is 0 Å². The van der Waals surface area contributed by atoms with Crippen molar-refractivity contribution in [3.8, 4) is 16.9 Å². The maximum atomic E-state index is 5.79. The van der Waals surface area contributed by atoms with Gasteiger partial charge in [0.2, 0.25) is 0 Å². The third-order valence-electron chi connectivity index (χ3n) is 3.08. The Morgan fingerprint density at radius 1 is 1.05 bits per heavy atom. The zero-order valence-corrected chi connectivity index (χ0v) is 10.6. The van der Waals surface area contributed by atoms with Gasteiger partial charge < -0.3 is 5.73 Å². The highest BCUT2D eigenvalue weighted by Gasteiger charge is 2.10. The first kappa shape index (κ1) is 11.5. The number of aryl methyl sites for hydroxylation is 1. The second-order valence-electron chi connectivity index (χ2n) is 4.44. The van der Waals surface area contributed by atoms with Crippen molar-refractivity contribution in [1.29, 1.82) is 0 Å². The smallest absolute Gasteiger partial charge is 0.0946 e. The van der Waals surface area contributed by atoms with Crippen LogP contribution in [-0.2, 0) is 0 Å². The quantitative estimate of drug-likeness (QED) is 0.711. The summed E-state index contributed by atoms with van der Waals surface area (Å²) in [5.41, 5.74) is 10.7. The highest BCUT2D eigenvalue weighted by Crippen LogP contribution is 2.26. The molecule has 19 heavy (non-hydrogen) atoms. The van der Waals surface area contributed by atoms with Crippen LogP contribution in [0.4, 0.5) is 5.69 Å². The predicted molar refractivity (Wildman–Crippen MR) is 75.9 cm³/mol. The summed E-state index contributed by atoms with van der Waals surface area (Å²) in [5, 5.41) is 8.18. The summed E-state index contributed by atoms with van der Waals surface area (Å²) in [6, 6.07) is 15.8. The molecular formula is C15H14N4. The van der Waals surface area contributed by atoms with E-state index in [1.165, 1.54) is 0 Å². The fraction of sp³-hybridized carbons (Fsp3) is 0.0667. The van der Waals surface area contributed by atoms with E-state index in [1.54, 1.807) is 6.20 Å². The highest BCUT2D eigenvalue weighted by atomic mass is 15.4. The lowest BCUT2D eigenvalue weighted by Gasteiger charge is -2.09. The van der Waals surface area contributed by atoms with Gasteiger partial charge in [0.05, 0.1) is 17.6 Å². The molecule has 0 radical (unpaired) electrons. The Kier molecular flexibility index (Phi) is 2.76. The molecule has 1 aromatic heterocycles. The Labute approximate surface area is 111 Å². The number of nitrogen functional groups attached to an aromatic ring is 1. The van der Waals surface area contributed by atoms with Gasteiger partial charge in [-0.25, -0.2) is 4.68 Å². The molecule has 0 amide bonds. The van der Waals surface area contributed by atoms with Crippen molar-refractivity contribution in [1.82, 2.24) is 15.0 Å². The molecule has 0 aliphatic carbocycles. The van der Waals surface area contributed by atoms with E-state index in [-0.39, 0.29) is 0 Å². The molecule has 0 unspecified atom stereocenters. The SMILES string of the molecule is Cc1cc(N)ccc1-c1cnnn1-c1ccccc1. The maximum absolute atomic E-state index is 5.79. The van der Waals surface area contributed by atoms with E-state index < -0.39 is 0 Å². The van der Waals surface area contributed by atoms with Gasteiger partial charge in [0.1, 0.15) is 0 Å². The van der Waals surface area contributed by atoms with Crippen LogP contribution in [0.5, 0.6) is 0 Å². The fourth-order valence-electron chi connectivity index (χ4n) is 2.15. The molecule has 0 spiro atoms. The first-order valence-corrected chi connectivity index (χ1v) is 6.08. The lowest BCUT2D eigenvalue weighted by atomic mass is 10.1. The molecule has 4 heteroatoms. The third kappa shape index (κ3) is 2.08. The molecule has 0 aliphatic rings. The predicted octanol–water partition coefficient (Wildman–Crippen LogP) is 2.82. The van der Waals surface area contributed by atoms with Crippen LogP contribution in [0.3, 0.4) is 0 Å². The molecule has 2 aromatic carbocycles. The van der Waals surface area contributed by atoms with E-state index >= 15 is 0 Å². The molecule has 0 fully saturated rings. The average molecular weight is 250 g/mol. The van der Waals surface area contributed by atoms with Crippen molar-refractivity contribution in [2.24, 2.45) is 0 Å². The van der Waals surface area contributed by atoms with E-state index in [0.717, 1.165) is 28.2 Å². The van der Waals surface area contributed by atoms with Crippen molar-refractivity contribution in [3.05, 3.63) is 60.3 Å². The Balaban J connectivity index is 2.15. The zero-order chi connectivity index (χ0) is 13.2. The summed E-state index contributed by atoms with van der Waals surface area (Å²) < 4.78 is 1.83. The van der Waals surface area contributed by atoms with Gasteiger partial charge in [-0.05, 0) is 36.8 Å². The summed E-state index contributed by atoms with van der Waals surface area (Å²) in [5.74, 6) is 0. The summed E-state index contributed by atoms with van der Waals surface area (Å²) in [4.78, 5) is 0. The van der Waals surface area contributed by atoms with Crippen molar-refractivity contribution in [2.45, 2.75) is 6.92 Å². The van der Waals surface area contributed by atoms with Gasteiger partial charge in [-0.1, -0.05) is 29.5 Å². The molecule has 3 aromatic rings. The number of hydrogen-bond donors (Lipinski definition) is 1. The number of para-hydroxylation sites is 1. The Morgan fingerprint density at radius 3 is 2.58 bits per heavy atom. The van der Waals surface area contributed by atoms with Crippen molar-refractivity contribution in [3.63, 3.8) is 0 Å². The minimum absolute atomic E-state index is 0.764. The summed E-state index contributed by atoms with van der Waals surface area (Å²) in [6.45, 7) is 2.04. The van der Waals surface area contributed by atoms with Gasteiger partial charge in [-0.3, -0.25) is 0 Å². The third-order valence-corrected chi connectivity index (χ3v) is 3.08. The Bertz CT molecular complexity index is 701. The number of rotatable bonds is 2. The summed E-state index contributed by atoms with van der Waals surface area (Å²) in [6.07, 6.45) is 1.77. The second-order valence-corrected chi connectivity index (χ2v) is 4.44. The van der Waals surface area contributed by atoms with Gasteiger partial charge in [0.25, 0.3) is 0 Å². The van der Waals surface area contributed by atoms with E-state index in [2.05, 4.69) is 10.3 Å². The Morgan fingerprint density at radius 2 is 1.84 bits per heavy atom. The minimum Gasteiger partial charge on any atom is -0.399 e. The van der Waals surface area contributed by atoms with E-state index in [1.807, 2.05) is 60.1 Å². The standard InChI is InChI=1S/C15H14N4/c1-11-9-12(16)7-8-14(11)15-10-17-18-19(15)13-5-3-2-4-6-13/h2-10H,16H2,1H3. The van der Waals surface area contributed by atoms with Crippen LogP contribution in [0, 0.1) is 6.92 Å². The van der Waals surface area contributed by atoms with Crippen molar-refractivity contribution in [2.75, 3.05) is 5.73 Å². The monoisotopic (exact) mass is 250 g/mol. The van der Waals surface area contributed by atoms with Crippen LogP contribution in [0.25, 0.3) is 16.9 Å². The first-order chi connectivity index (χ1) is 9.25. The molecule has 4 nitrogen and oxygen atoms in total. The van der Waals surface area contributed by atoms with Crippen LogP contribution < -0.4 is 5.73 Å². The van der Waals surface area contributed by atoms with Gasteiger partial charge in [-0.2, -0.15) is 0 Å². The lowest BCUT2D eigenvalue weighted by Crippen LogP contribution is -2.00. The Hall–Kier alpha value is -2.62. The number of nitrogens with zero attached hydrogens (tertiary/aromatic N) is 3. The number of hydrogen-bond acceptors (Lipinski definition) is 3. The topological polar surface area (TPSA) is 56.7 Å². The van der Waals surface area contributed by atoms with E-state index in [9.17, 15) is 0 Å². The number of aromatic nitrogens is 3. The molecule has 0 atom stereocenters. The number of anilines is 1. The molecule has 2 N–H and O–H groups in total. The van der Waals surface area contributed by atoms with Crippen LogP contribution in [0.1, 0.15) is 5.56 Å². The van der Waals surface area contributed by atoms with Gasteiger partial charge in [0, 0.05) is 11.3 Å². The molecule has 0 saturated carbocycles. The molecular weight excluding hydrogens is 236 g/mol. The summed E-state index contributed by atoms with van der Waals surface area (Å²) in [7, 11) is 0. The van der Waals surface area contributed by atoms with Crippen LogP contribution in [0.15, 0.2) is 54.7 Å². The van der Waals surface area contributed by atoms with E-state index in [4.69, 9.17) is 5.73 Å².